The molecule has 0 radical (unpaired) electrons. The third kappa shape index (κ3) is 13.4. The van der Waals surface area contributed by atoms with Crippen molar-refractivity contribution < 1.29 is 48.1 Å². The van der Waals surface area contributed by atoms with Gasteiger partial charge in [-0.25, -0.2) is 14.4 Å². The number of esters is 1. The van der Waals surface area contributed by atoms with E-state index in [0.29, 0.717) is 42.6 Å². The van der Waals surface area contributed by atoms with E-state index in [9.17, 15) is 33.9 Å². The van der Waals surface area contributed by atoms with Crippen molar-refractivity contribution in [2.75, 3.05) is 20.3 Å². The van der Waals surface area contributed by atoms with E-state index in [4.69, 9.17) is 14.2 Å². The van der Waals surface area contributed by atoms with E-state index in [0.717, 1.165) is 5.56 Å². The minimum Gasteiger partial charge on any atom is -0.497 e. The lowest BCUT2D eigenvalue weighted by atomic mass is 10.0. The molecule has 3 aromatic carbocycles. The van der Waals surface area contributed by atoms with Gasteiger partial charge < -0.3 is 40.2 Å². The van der Waals surface area contributed by atoms with Crippen molar-refractivity contribution in [3.05, 3.63) is 102 Å². The number of alkyl carbamates (subject to hydrolysis) is 1. The highest BCUT2D eigenvalue weighted by molar-refractivity contribution is 5.95. The van der Waals surface area contributed by atoms with Gasteiger partial charge >= 0.3 is 18.0 Å². The predicted octanol–water partition coefficient (Wildman–Crippen LogP) is 4.45. The predicted molar refractivity (Wildman–Crippen MR) is 207 cm³/mol. The van der Waals surface area contributed by atoms with Gasteiger partial charge in [-0.3, -0.25) is 14.4 Å². The molecule has 4 amide bonds. The average molecular weight is 773 g/mol. The van der Waals surface area contributed by atoms with Gasteiger partial charge in [0.25, 0.3) is 0 Å². The van der Waals surface area contributed by atoms with Crippen molar-refractivity contribution >= 4 is 35.8 Å². The fraction of sp³-hybridized carbons (Fsp3) is 0.429. The van der Waals surface area contributed by atoms with Gasteiger partial charge in [0, 0.05) is 19.4 Å². The molecule has 3 aromatic rings. The number of carbonyl (C=O) groups is 6. The number of ether oxygens (including phenoxy) is 3. The summed E-state index contributed by atoms with van der Waals surface area (Å²) in [5.41, 5.74) is 0.957. The van der Waals surface area contributed by atoms with Gasteiger partial charge in [-0.1, -0.05) is 60.7 Å². The number of carboxylic acids is 1. The molecule has 4 atom stereocenters. The van der Waals surface area contributed by atoms with E-state index in [1.54, 1.807) is 99.6 Å². The molecule has 4 rings (SSSR count). The smallest absolute Gasteiger partial charge is 0.408 e. The van der Waals surface area contributed by atoms with Crippen LogP contribution < -0.4 is 20.7 Å². The van der Waals surface area contributed by atoms with Crippen molar-refractivity contribution in [2.24, 2.45) is 0 Å². The Morgan fingerprint density at radius 3 is 1.98 bits per heavy atom. The number of hydrogen-bond acceptors (Lipinski definition) is 9. The van der Waals surface area contributed by atoms with Crippen LogP contribution in [0.3, 0.4) is 0 Å². The summed E-state index contributed by atoms with van der Waals surface area (Å²) >= 11 is 0. The van der Waals surface area contributed by atoms with Gasteiger partial charge in [-0.05, 0) is 88.3 Å². The van der Waals surface area contributed by atoms with E-state index in [-0.39, 0.29) is 32.4 Å². The van der Waals surface area contributed by atoms with Gasteiger partial charge in [0.15, 0.2) is 0 Å². The van der Waals surface area contributed by atoms with Crippen LogP contribution in [0.4, 0.5) is 4.79 Å². The highest BCUT2D eigenvalue weighted by atomic mass is 16.6. The van der Waals surface area contributed by atoms with Gasteiger partial charge in [0.2, 0.25) is 17.7 Å². The summed E-state index contributed by atoms with van der Waals surface area (Å²) in [5.74, 6) is -2.92. The second-order valence-electron chi connectivity index (χ2n) is 14.6. The van der Waals surface area contributed by atoms with E-state index < -0.39 is 65.5 Å². The highest BCUT2D eigenvalue weighted by Gasteiger charge is 2.39. The lowest BCUT2D eigenvalue weighted by Crippen LogP contribution is -2.58. The summed E-state index contributed by atoms with van der Waals surface area (Å²) in [7, 11) is 1.52. The van der Waals surface area contributed by atoms with Crippen LogP contribution in [0.5, 0.6) is 5.75 Å². The SMILES string of the molecule is COc1ccc(C[C@@H](NC(=O)[C@H](CCCCOC(=O)c2ccccc2)NC(=O)OC(C)(C)C)C(=O)N[C@@H](Cc2ccccc2)C(=O)N2CCC[C@@H]2C(=O)O)cc1. The Balaban J connectivity index is 1.55. The Labute approximate surface area is 327 Å². The third-order valence-corrected chi connectivity index (χ3v) is 9.09. The molecular weight excluding hydrogens is 720 g/mol. The normalized spacial score (nSPS) is 15.4. The highest BCUT2D eigenvalue weighted by Crippen LogP contribution is 2.20. The topological polar surface area (TPSA) is 190 Å². The lowest BCUT2D eigenvalue weighted by molar-refractivity contribution is -0.149. The molecule has 4 N–H and O–H groups in total. The summed E-state index contributed by atoms with van der Waals surface area (Å²) in [4.78, 5) is 80.9. The van der Waals surface area contributed by atoms with E-state index in [2.05, 4.69) is 16.0 Å². The van der Waals surface area contributed by atoms with Crippen LogP contribution in [0, 0.1) is 0 Å². The van der Waals surface area contributed by atoms with Crippen molar-refractivity contribution in [3.8, 4) is 5.75 Å². The van der Waals surface area contributed by atoms with Gasteiger partial charge in [-0.15, -0.1) is 0 Å². The molecule has 0 saturated carbocycles. The van der Waals surface area contributed by atoms with E-state index >= 15 is 0 Å². The van der Waals surface area contributed by atoms with E-state index in [1.807, 2.05) is 6.07 Å². The average Bonchev–Trinajstić information content (AvgIpc) is 3.67. The number of carbonyl (C=O) groups excluding carboxylic acids is 5. The summed E-state index contributed by atoms with van der Waals surface area (Å²) in [6.07, 6.45) is 0.906. The van der Waals surface area contributed by atoms with Gasteiger partial charge in [-0.2, -0.15) is 0 Å². The zero-order valence-corrected chi connectivity index (χ0v) is 32.3. The number of amides is 4. The summed E-state index contributed by atoms with van der Waals surface area (Å²) in [5, 5.41) is 18.0. The number of nitrogens with one attached hydrogen (secondary N) is 3. The fourth-order valence-corrected chi connectivity index (χ4v) is 6.28. The van der Waals surface area contributed by atoms with Crippen LogP contribution >= 0.6 is 0 Å². The monoisotopic (exact) mass is 772 g/mol. The Kier molecular flexibility index (Phi) is 15.8. The van der Waals surface area contributed by atoms with Crippen LogP contribution in [0.15, 0.2) is 84.9 Å². The Morgan fingerprint density at radius 2 is 1.36 bits per heavy atom. The molecule has 0 aliphatic carbocycles. The molecule has 0 unspecified atom stereocenters. The first-order valence-electron chi connectivity index (χ1n) is 18.8. The molecule has 1 fully saturated rings. The quantitative estimate of drug-likeness (QED) is 0.106. The van der Waals surface area contributed by atoms with Crippen molar-refractivity contribution in [3.63, 3.8) is 0 Å². The number of carboxylic acid groups (broad SMARTS) is 1. The Hall–Kier alpha value is -5.92. The number of methoxy groups -OCH3 is 1. The molecule has 1 heterocycles. The lowest BCUT2D eigenvalue weighted by Gasteiger charge is -2.29. The number of likely N-dealkylation sites (tertiary alicyclic amines) is 1. The summed E-state index contributed by atoms with van der Waals surface area (Å²) in [6, 6.07) is 19.9. The number of nitrogens with zero attached hydrogens (tertiary/aromatic N) is 1. The Bertz CT molecular complexity index is 1780. The third-order valence-electron chi connectivity index (χ3n) is 9.09. The fourth-order valence-electron chi connectivity index (χ4n) is 6.28. The molecule has 56 heavy (non-hydrogen) atoms. The molecule has 0 spiro atoms. The maximum atomic E-state index is 14.3. The zero-order chi connectivity index (χ0) is 40.7. The van der Waals surface area contributed by atoms with Crippen LogP contribution in [0.2, 0.25) is 0 Å². The number of hydrogen-bond donors (Lipinski definition) is 4. The number of unbranched alkanes of at least 4 members (excludes halogenated alkanes) is 1. The molecule has 14 nitrogen and oxygen atoms in total. The van der Waals surface area contributed by atoms with Crippen molar-refractivity contribution in [2.45, 2.75) is 95.5 Å². The number of benzene rings is 3. The molecule has 0 bridgehead atoms. The van der Waals surface area contributed by atoms with Crippen molar-refractivity contribution in [1.29, 1.82) is 0 Å². The van der Waals surface area contributed by atoms with Crippen LogP contribution in [-0.2, 0) is 41.5 Å². The number of rotatable bonds is 18. The minimum absolute atomic E-state index is 0.00384. The summed E-state index contributed by atoms with van der Waals surface area (Å²) in [6.45, 7) is 5.36. The largest absolute Gasteiger partial charge is 0.497 e. The molecule has 1 aliphatic heterocycles. The maximum absolute atomic E-state index is 14.3. The van der Waals surface area contributed by atoms with Gasteiger partial charge in [0.1, 0.15) is 35.5 Å². The molecule has 1 aliphatic rings. The minimum atomic E-state index is -1.23. The molecule has 14 heteroatoms. The van der Waals surface area contributed by atoms with Gasteiger partial charge in [0.05, 0.1) is 19.3 Å². The molecule has 300 valence electrons. The first kappa shape index (κ1) is 42.8. The van der Waals surface area contributed by atoms with Crippen LogP contribution in [-0.4, -0.2) is 95.8 Å². The zero-order valence-electron chi connectivity index (χ0n) is 32.3. The second-order valence-corrected chi connectivity index (χ2v) is 14.6. The van der Waals surface area contributed by atoms with Crippen LogP contribution in [0.25, 0.3) is 0 Å². The number of aliphatic carboxylic acids is 1. The Morgan fingerprint density at radius 1 is 0.768 bits per heavy atom. The van der Waals surface area contributed by atoms with Crippen molar-refractivity contribution in [1.82, 2.24) is 20.9 Å². The standard InChI is InChI=1S/C42H52N4O10/c1-42(2,3)56-41(53)45-32(18-11-12-25-55-40(52)30-16-9-6-10-17-30)36(47)43-33(26-29-20-22-31(54-4)23-21-29)37(48)44-34(27-28-14-7-5-8-15-28)38(49)46-24-13-19-35(46)39(50)51/h5-10,14-17,20-23,32-35H,11-13,18-19,24-27H2,1-4H3,(H,43,47)(H,44,48)(H,45,53)(H,50,51)/t32-,33+,34-,35+/m0/s1. The summed E-state index contributed by atoms with van der Waals surface area (Å²) < 4.78 is 16.1. The molecule has 1 saturated heterocycles. The molecular formula is C42H52N4O10. The van der Waals surface area contributed by atoms with E-state index in [1.165, 1.54) is 12.0 Å². The first-order chi connectivity index (χ1) is 26.7. The molecule has 0 aromatic heterocycles. The van der Waals surface area contributed by atoms with Crippen LogP contribution in [0.1, 0.15) is 74.4 Å². The first-order valence-corrected chi connectivity index (χ1v) is 18.8. The second kappa shape index (κ2) is 20.7. The maximum Gasteiger partial charge on any atom is 0.408 e.